The molecule has 0 unspecified atom stereocenters. The molecule has 3 rings (SSSR count). The number of benzene rings is 2. The fourth-order valence-corrected chi connectivity index (χ4v) is 2.30. The quantitative estimate of drug-likeness (QED) is 0.675. The Labute approximate surface area is 117 Å². The highest BCUT2D eigenvalue weighted by Crippen LogP contribution is 2.18. The first-order valence-electron chi connectivity index (χ1n) is 6.65. The maximum absolute atomic E-state index is 10.7. The van der Waals surface area contributed by atoms with Crippen LogP contribution in [0.1, 0.15) is 27.4 Å². The van der Waals surface area contributed by atoms with Gasteiger partial charge in [-0.2, -0.15) is 0 Å². The Morgan fingerprint density at radius 1 is 1.15 bits per heavy atom. The van der Waals surface area contributed by atoms with Crippen LogP contribution in [0.2, 0.25) is 0 Å². The van der Waals surface area contributed by atoms with Gasteiger partial charge in [-0.05, 0) is 42.7 Å². The molecule has 3 nitrogen and oxygen atoms in total. The van der Waals surface area contributed by atoms with Crippen LogP contribution in [0.4, 0.5) is 0 Å². The average molecular weight is 265 g/mol. The molecule has 100 valence electrons. The number of aldehydes is 1. The van der Waals surface area contributed by atoms with Crippen LogP contribution in [0.5, 0.6) is 0 Å². The van der Waals surface area contributed by atoms with Crippen LogP contribution in [-0.2, 0) is 12.8 Å². The molecule has 0 aliphatic heterocycles. The Balaban J connectivity index is 1.81. The second-order valence-corrected chi connectivity index (χ2v) is 4.88. The second-order valence-electron chi connectivity index (χ2n) is 4.88. The third-order valence-corrected chi connectivity index (χ3v) is 3.46. The van der Waals surface area contributed by atoms with E-state index in [1.54, 1.807) is 18.2 Å². The zero-order valence-corrected chi connectivity index (χ0v) is 11.3. The van der Waals surface area contributed by atoms with Gasteiger partial charge in [0.15, 0.2) is 11.5 Å². The fourth-order valence-electron chi connectivity index (χ4n) is 2.30. The van der Waals surface area contributed by atoms with Gasteiger partial charge < -0.3 is 4.42 Å². The van der Waals surface area contributed by atoms with Crippen molar-refractivity contribution in [2.45, 2.75) is 19.8 Å². The Hall–Kier alpha value is -2.42. The van der Waals surface area contributed by atoms with Crippen LogP contribution in [0.15, 0.2) is 46.9 Å². The highest BCUT2D eigenvalue weighted by Gasteiger charge is 2.07. The van der Waals surface area contributed by atoms with Gasteiger partial charge in [0.2, 0.25) is 0 Å². The third kappa shape index (κ3) is 2.48. The number of aryl methyl sites for hydroxylation is 3. The lowest BCUT2D eigenvalue weighted by Gasteiger charge is -2.02. The molecule has 0 radical (unpaired) electrons. The summed E-state index contributed by atoms with van der Waals surface area (Å²) in [7, 11) is 0. The lowest BCUT2D eigenvalue weighted by atomic mass is 10.0. The van der Waals surface area contributed by atoms with Gasteiger partial charge in [-0.15, -0.1) is 0 Å². The van der Waals surface area contributed by atoms with E-state index in [2.05, 4.69) is 24.0 Å². The van der Waals surface area contributed by atoms with Crippen molar-refractivity contribution >= 4 is 17.4 Å². The SMILES string of the molecule is Cc1ccccc1CCc1nc2cc(C=O)ccc2o1. The molecule has 3 heteroatoms. The van der Waals surface area contributed by atoms with Gasteiger partial charge in [0.25, 0.3) is 0 Å². The molecule has 0 amide bonds. The van der Waals surface area contributed by atoms with Crippen LogP contribution < -0.4 is 0 Å². The molecule has 20 heavy (non-hydrogen) atoms. The number of oxazole rings is 1. The summed E-state index contributed by atoms with van der Waals surface area (Å²) in [4.78, 5) is 15.2. The monoisotopic (exact) mass is 265 g/mol. The van der Waals surface area contributed by atoms with E-state index in [0.717, 1.165) is 30.2 Å². The Kier molecular flexibility index (Phi) is 3.33. The molecule has 0 spiro atoms. The summed E-state index contributed by atoms with van der Waals surface area (Å²) in [5, 5.41) is 0. The summed E-state index contributed by atoms with van der Waals surface area (Å²) in [6.45, 7) is 2.11. The predicted octanol–water partition coefficient (Wildman–Crippen LogP) is 3.73. The van der Waals surface area contributed by atoms with Crippen molar-refractivity contribution in [3.63, 3.8) is 0 Å². The molecular weight excluding hydrogens is 250 g/mol. The lowest BCUT2D eigenvalue weighted by Crippen LogP contribution is -1.93. The van der Waals surface area contributed by atoms with Crippen molar-refractivity contribution in [3.8, 4) is 0 Å². The van der Waals surface area contributed by atoms with Crippen molar-refractivity contribution in [1.82, 2.24) is 4.98 Å². The van der Waals surface area contributed by atoms with Gasteiger partial charge in [-0.3, -0.25) is 4.79 Å². The maximum Gasteiger partial charge on any atom is 0.195 e. The Bertz CT molecular complexity index is 759. The van der Waals surface area contributed by atoms with Gasteiger partial charge in [-0.1, -0.05) is 24.3 Å². The average Bonchev–Trinajstić information content (AvgIpc) is 2.88. The number of hydrogen-bond donors (Lipinski definition) is 0. The first-order valence-corrected chi connectivity index (χ1v) is 6.65. The van der Waals surface area contributed by atoms with Crippen LogP contribution in [-0.4, -0.2) is 11.3 Å². The van der Waals surface area contributed by atoms with Crippen molar-refractivity contribution in [1.29, 1.82) is 0 Å². The normalized spacial score (nSPS) is 10.8. The molecular formula is C17H15NO2. The summed E-state index contributed by atoms with van der Waals surface area (Å²) in [5.74, 6) is 0.714. The predicted molar refractivity (Wildman–Crippen MR) is 78.0 cm³/mol. The number of aromatic nitrogens is 1. The molecule has 2 aromatic carbocycles. The number of nitrogens with zero attached hydrogens (tertiary/aromatic N) is 1. The zero-order valence-electron chi connectivity index (χ0n) is 11.3. The topological polar surface area (TPSA) is 43.1 Å². The summed E-state index contributed by atoms with van der Waals surface area (Å²) in [6.07, 6.45) is 2.48. The molecule has 0 N–H and O–H groups in total. The van der Waals surface area contributed by atoms with E-state index in [1.807, 2.05) is 12.1 Å². The van der Waals surface area contributed by atoms with Gasteiger partial charge in [0.1, 0.15) is 11.8 Å². The second kappa shape index (κ2) is 5.29. The number of carbonyl (C=O) groups is 1. The summed E-state index contributed by atoms with van der Waals surface area (Å²) in [5.41, 5.74) is 4.69. The van der Waals surface area contributed by atoms with Gasteiger partial charge >= 0.3 is 0 Å². The third-order valence-electron chi connectivity index (χ3n) is 3.46. The van der Waals surface area contributed by atoms with Gasteiger partial charge in [0.05, 0.1) is 0 Å². The molecule has 0 aliphatic rings. The number of carbonyl (C=O) groups excluding carboxylic acids is 1. The van der Waals surface area contributed by atoms with E-state index in [4.69, 9.17) is 4.42 Å². The van der Waals surface area contributed by atoms with Crippen LogP contribution in [0.25, 0.3) is 11.1 Å². The molecule has 3 aromatic rings. The molecule has 0 fully saturated rings. The van der Waals surface area contributed by atoms with E-state index in [0.29, 0.717) is 11.5 Å². The number of hydrogen-bond acceptors (Lipinski definition) is 3. The van der Waals surface area contributed by atoms with E-state index >= 15 is 0 Å². The van der Waals surface area contributed by atoms with E-state index in [-0.39, 0.29) is 0 Å². The van der Waals surface area contributed by atoms with Crippen molar-refractivity contribution in [2.75, 3.05) is 0 Å². The van der Waals surface area contributed by atoms with Crippen LogP contribution in [0.3, 0.4) is 0 Å². The van der Waals surface area contributed by atoms with Gasteiger partial charge in [-0.25, -0.2) is 4.98 Å². The minimum atomic E-state index is 0.622. The summed E-state index contributed by atoms with van der Waals surface area (Å²) < 4.78 is 5.70. The van der Waals surface area contributed by atoms with Crippen LogP contribution in [0, 0.1) is 6.92 Å². The van der Waals surface area contributed by atoms with Crippen molar-refractivity contribution in [3.05, 3.63) is 65.0 Å². The molecule has 0 atom stereocenters. The number of rotatable bonds is 4. The smallest absolute Gasteiger partial charge is 0.195 e. The van der Waals surface area contributed by atoms with Crippen molar-refractivity contribution in [2.24, 2.45) is 0 Å². The highest BCUT2D eigenvalue weighted by molar-refractivity contribution is 5.83. The minimum Gasteiger partial charge on any atom is -0.441 e. The Morgan fingerprint density at radius 3 is 2.80 bits per heavy atom. The van der Waals surface area contributed by atoms with E-state index in [9.17, 15) is 4.79 Å². The molecule has 0 bridgehead atoms. The van der Waals surface area contributed by atoms with Crippen LogP contribution >= 0.6 is 0 Å². The lowest BCUT2D eigenvalue weighted by molar-refractivity contribution is 0.112. The summed E-state index contributed by atoms with van der Waals surface area (Å²) >= 11 is 0. The molecule has 1 aromatic heterocycles. The maximum atomic E-state index is 10.7. The Morgan fingerprint density at radius 2 is 2.00 bits per heavy atom. The first-order chi connectivity index (χ1) is 9.76. The van der Waals surface area contributed by atoms with Crippen molar-refractivity contribution < 1.29 is 9.21 Å². The van der Waals surface area contributed by atoms with Gasteiger partial charge in [0, 0.05) is 12.0 Å². The highest BCUT2D eigenvalue weighted by atomic mass is 16.3. The fraction of sp³-hybridized carbons (Fsp3) is 0.176. The molecule has 0 saturated heterocycles. The molecule has 0 aliphatic carbocycles. The standard InChI is InChI=1S/C17H15NO2/c1-12-4-2-3-5-14(12)7-9-17-18-15-10-13(11-19)6-8-16(15)20-17/h2-6,8,10-11H,7,9H2,1H3. The molecule has 0 saturated carbocycles. The van der Waals surface area contributed by atoms with E-state index < -0.39 is 0 Å². The minimum absolute atomic E-state index is 0.622. The molecule has 1 heterocycles. The zero-order chi connectivity index (χ0) is 13.9. The summed E-state index contributed by atoms with van der Waals surface area (Å²) in [6, 6.07) is 13.6. The first kappa shape index (κ1) is 12.6. The van der Waals surface area contributed by atoms with E-state index in [1.165, 1.54) is 11.1 Å². The largest absolute Gasteiger partial charge is 0.441 e. The number of fused-ring (bicyclic) bond motifs is 1.